The molecule has 1 heterocycles. The first-order chi connectivity index (χ1) is 10.4. The minimum absolute atomic E-state index is 0.0869. The van der Waals surface area contributed by atoms with E-state index in [0.29, 0.717) is 16.8 Å². The van der Waals surface area contributed by atoms with Crippen molar-refractivity contribution in [3.05, 3.63) is 59.9 Å². The number of rotatable bonds is 5. The number of carboxylic acid groups (broad SMARTS) is 1. The van der Waals surface area contributed by atoms with Crippen LogP contribution >= 0.6 is 0 Å². The molecule has 1 aromatic heterocycles. The maximum atomic E-state index is 12.4. The van der Waals surface area contributed by atoms with Gasteiger partial charge in [-0.25, -0.2) is 13.2 Å². The summed E-state index contributed by atoms with van der Waals surface area (Å²) in [5.41, 5.74) is 1.40. The molecular weight excluding hydrogens is 304 g/mol. The van der Waals surface area contributed by atoms with Gasteiger partial charge in [-0.05, 0) is 42.3 Å². The van der Waals surface area contributed by atoms with Gasteiger partial charge in [-0.2, -0.15) is 0 Å². The van der Waals surface area contributed by atoms with Gasteiger partial charge in [-0.1, -0.05) is 12.1 Å². The monoisotopic (exact) mass is 318 g/mol. The Morgan fingerprint density at radius 3 is 2.73 bits per heavy atom. The second kappa shape index (κ2) is 6.40. The second-order valence-electron chi connectivity index (χ2n) is 4.54. The molecule has 0 saturated carbocycles. The molecule has 22 heavy (non-hydrogen) atoms. The summed E-state index contributed by atoms with van der Waals surface area (Å²) < 4.78 is 27.3. The van der Waals surface area contributed by atoms with E-state index in [2.05, 4.69) is 9.71 Å². The Bertz CT molecular complexity index is 815. The van der Waals surface area contributed by atoms with Crippen molar-refractivity contribution in [2.75, 3.05) is 4.72 Å². The number of hydrogen-bond acceptors (Lipinski definition) is 4. The van der Waals surface area contributed by atoms with Gasteiger partial charge < -0.3 is 5.11 Å². The second-order valence-corrected chi connectivity index (χ2v) is 6.19. The quantitative estimate of drug-likeness (QED) is 0.825. The minimum Gasteiger partial charge on any atom is -0.478 e. The van der Waals surface area contributed by atoms with Crippen molar-refractivity contribution in [1.82, 2.24) is 4.98 Å². The van der Waals surface area contributed by atoms with Crippen LogP contribution in [0.1, 0.15) is 11.1 Å². The molecule has 0 aliphatic heterocycles. The molecule has 0 aliphatic carbocycles. The van der Waals surface area contributed by atoms with Crippen molar-refractivity contribution in [3.63, 3.8) is 0 Å². The summed E-state index contributed by atoms with van der Waals surface area (Å²) >= 11 is 0. The average molecular weight is 318 g/mol. The van der Waals surface area contributed by atoms with Crippen molar-refractivity contribution in [3.8, 4) is 0 Å². The fourth-order valence-corrected chi connectivity index (χ4v) is 3.13. The summed E-state index contributed by atoms with van der Waals surface area (Å²) in [6, 6.07) is 7.91. The molecular formula is C15H14N2O4S. The lowest BCUT2D eigenvalue weighted by Crippen LogP contribution is -2.14. The maximum absolute atomic E-state index is 12.4. The van der Waals surface area contributed by atoms with Crippen LogP contribution in [0.4, 0.5) is 5.69 Å². The van der Waals surface area contributed by atoms with Crippen molar-refractivity contribution >= 4 is 27.8 Å². The summed E-state index contributed by atoms with van der Waals surface area (Å²) in [5, 5.41) is 8.63. The van der Waals surface area contributed by atoms with Gasteiger partial charge in [0.15, 0.2) is 0 Å². The molecule has 0 fully saturated rings. The van der Waals surface area contributed by atoms with Gasteiger partial charge in [0.2, 0.25) is 0 Å². The van der Waals surface area contributed by atoms with E-state index in [4.69, 9.17) is 5.11 Å². The maximum Gasteiger partial charge on any atom is 0.328 e. The number of hydrogen-bond donors (Lipinski definition) is 2. The van der Waals surface area contributed by atoms with Gasteiger partial charge >= 0.3 is 5.97 Å². The zero-order valence-electron chi connectivity index (χ0n) is 11.7. The fourth-order valence-electron chi connectivity index (χ4n) is 1.81. The molecule has 7 heteroatoms. The van der Waals surface area contributed by atoms with Crippen LogP contribution in [0.3, 0.4) is 0 Å². The Labute approximate surface area is 128 Å². The Morgan fingerprint density at radius 2 is 2.09 bits per heavy atom. The van der Waals surface area contributed by atoms with Crippen LogP contribution in [0.2, 0.25) is 0 Å². The molecule has 0 amide bonds. The molecule has 2 aromatic rings. The molecule has 6 nitrogen and oxygen atoms in total. The number of nitrogens with zero attached hydrogens (tertiary/aromatic N) is 1. The highest BCUT2D eigenvalue weighted by Crippen LogP contribution is 2.21. The highest BCUT2D eigenvalue weighted by atomic mass is 32.2. The van der Waals surface area contributed by atoms with Gasteiger partial charge in [-0.15, -0.1) is 0 Å². The number of pyridine rings is 1. The van der Waals surface area contributed by atoms with E-state index in [1.807, 2.05) is 0 Å². The van der Waals surface area contributed by atoms with Crippen LogP contribution in [-0.2, 0) is 14.8 Å². The number of aromatic nitrogens is 1. The highest BCUT2D eigenvalue weighted by Gasteiger charge is 2.17. The zero-order chi connectivity index (χ0) is 16.2. The van der Waals surface area contributed by atoms with E-state index >= 15 is 0 Å². The Morgan fingerprint density at radius 1 is 1.32 bits per heavy atom. The van der Waals surface area contributed by atoms with Gasteiger partial charge in [-0.3, -0.25) is 9.71 Å². The molecule has 0 spiro atoms. The van der Waals surface area contributed by atoms with Gasteiger partial charge in [0, 0.05) is 12.3 Å². The largest absolute Gasteiger partial charge is 0.478 e. The third-order valence-corrected chi connectivity index (χ3v) is 4.36. The van der Waals surface area contributed by atoms with Crippen molar-refractivity contribution in [2.45, 2.75) is 11.8 Å². The smallest absolute Gasteiger partial charge is 0.328 e. The predicted molar refractivity (Wildman–Crippen MR) is 82.9 cm³/mol. The Kier molecular flexibility index (Phi) is 4.57. The van der Waals surface area contributed by atoms with E-state index in [0.717, 1.165) is 6.08 Å². The first kappa shape index (κ1) is 15.7. The van der Waals surface area contributed by atoms with Crippen LogP contribution in [0.25, 0.3) is 6.08 Å². The first-order valence-corrected chi connectivity index (χ1v) is 7.81. The first-order valence-electron chi connectivity index (χ1n) is 6.33. The third kappa shape index (κ3) is 3.92. The summed E-state index contributed by atoms with van der Waals surface area (Å²) in [5.74, 6) is -1.10. The lowest BCUT2D eigenvalue weighted by molar-refractivity contribution is -0.131. The molecule has 1 aromatic carbocycles. The standard InChI is InChI=1S/C15H14N2O4S/c1-11-4-5-12(6-7-15(18)19)9-14(11)22(20,21)17-13-3-2-8-16-10-13/h2-10,17H,1H3,(H,18,19). The number of carbonyl (C=O) groups is 1. The molecule has 0 unspecified atom stereocenters. The summed E-state index contributed by atoms with van der Waals surface area (Å²) in [6.07, 6.45) is 5.24. The van der Waals surface area contributed by atoms with Crippen LogP contribution in [0, 0.1) is 6.92 Å². The minimum atomic E-state index is -3.78. The number of benzene rings is 1. The van der Waals surface area contributed by atoms with Crippen LogP contribution in [0.5, 0.6) is 0 Å². The molecule has 0 aliphatic rings. The molecule has 0 bridgehead atoms. The molecule has 0 radical (unpaired) electrons. The van der Waals surface area contributed by atoms with E-state index in [9.17, 15) is 13.2 Å². The predicted octanol–water partition coefficient (Wildman–Crippen LogP) is 2.29. The Hall–Kier alpha value is -2.67. The van der Waals surface area contributed by atoms with Crippen molar-refractivity contribution < 1.29 is 18.3 Å². The van der Waals surface area contributed by atoms with Crippen molar-refractivity contribution in [2.24, 2.45) is 0 Å². The zero-order valence-corrected chi connectivity index (χ0v) is 12.5. The number of nitrogens with one attached hydrogen (secondary N) is 1. The highest BCUT2D eigenvalue weighted by molar-refractivity contribution is 7.92. The lowest BCUT2D eigenvalue weighted by atomic mass is 10.1. The SMILES string of the molecule is Cc1ccc(C=CC(=O)O)cc1S(=O)(=O)Nc1cccnc1. The number of anilines is 1. The van der Waals surface area contributed by atoms with Crippen LogP contribution in [0.15, 0.2) is 53.7 Å². The van der Waals surface area contributed by atoms with E-state index in [1.54, 1.807) is 37.4 Å². The van der Waals surface area contributed by atoms with E-state index < -0.39 is 16.0 Å². The summed E-state index contributed by atoms with van der Waals surface area (Å²) in [6.45, 7) is 1.67. The molecule has 0 atom stereocenters. The number of sulfonamides is 1. The number of aliphatic carboxylic acids is 1. The van der Waals surface area contributed by atoms with E-state index in [1.165, 1.54) is 18.3 Å². The number of aryl methyl sites for hydroxylation is 1. The molecule has 0 saturated heterocycles. The van der Waals surface area contributed by atoms with Crippen LogP contribution < -0.4 is 4.72 Å². The molecule has 2 rings (SSSR count). The van der Waals surface area contributed by atoms with Crippen LogP contribution in [-0.4, -0.2) is 24.5 Å². The molecule has 114 valence electrons. The lowest BCUT2D eigenvalue weighted by Gasteiger charge is -2.10. The van der Waals surface area contributed by atoms with Crippen molar-refractivity contribution in [1.29, 1.82) is 0 Å². The summed E-state index contributed by atoms with van der Waals surface area (Å²) in [4.78, 5) is 14.5. The van der Waals surface area contributed by atoms with Gasteiger partial charge in [0.1, 0.15) is 0 Å². The normalized spacial score (nSPS) is 11.5. The number of carboxylic acids is 1. The topological polar surface area (TPSA) is 96.4 Å². The molecule has 2 N–H and O–H groups in total. The summed E-state index contributed by atoms with van der Waals surface area (Å²) in [7, 11) is -3.78. The Balaban J connectivity index is 2.38. The third-order valence-electron chi connectivity index (χ3n) is 2.83. The van der Waals surface area contributed by atoms with Gasteiger partial charge in [0.25, 0.3) is 10.0 Å². The fraction of sp³-hybridized carbons (Fsp3) is 0.0667. The van der Waals surface area contributed by atoms with E-state index in [-0.39, 0.29) is 4.90 Å². The average Bonchev–Trinajstić information content (AvgIpc) is 2.46. The van der Waals surface area contributed by atoms with Gasteiger partial charge in [0.05, 0.1) is 16.8 Å².